The Hall–Kier alpha value is -5.32. The van der Waals surface area contributed by atoms with Crippen molar-refractivity contribution >= 4 is 35.1 Å². The maximum atomic E-state index is 12.7. The first kappa shape index (κ1) is 29.7. The van der Waals surface area contributed by atoms with Crippen LogP contribution in [0.3, 0.4) is 0 Å². The summed E-state index contributed by atoms with van der Waals surface area (Å²) in [4.78, 5) is 25.0. The van der Waals surface area contributed by atoms with E-state index in [1.165, 1.54) is 12.4 Å². The van der Waals surface area contributed by atoms with Crippen molar-refractivity contribution in [3.63, 3.8) is 0 Å². The van der Waals surface area contributed by atoms with Gasteiger partial charge in [0.1, 0.15) is 23.0 Å². The number of benzene rings is 3. The summed E-state index contributed by atoms with van der Waals surface area (Å²) < 4.78 is 23.0. The maximum Gasteiger partial charge on any atom is 0.271 e. The maximum absolute atomic E-state index is 12.7. The summed E-state index contributed by atoms with van der Waals surface area (Å²) in [7, 11) is 6.27. The summed E-state index contributed by atoms with van der Waals surface area (Å²) in [6.45, 7) is 0.632. The lowest BCUT2D eigenvalue weighted by Crippen LogP contribution is -2.18. The molecule has 0 aliphatic rings. The second-order valence-corrected chi connectivity index (χ2v) is 9.17. The molecule has 42 heavy (non-hydrogen) atoms. The molecule has 0 radical (unpaired) electrons. The van der Waals surface area contributed by atoms with E-state index in [9.17, 15) is 9.59 Å². The van der Waals surface area contributed by atoms with Crippen LogP contribution in [-0.4, -0.2) is 57.2 Å². The van der Waals surface area contributed by atoms with Gasteiger partial charge in [-0.25, -0.2) is 10.9 Å². The predicted molar refractivity (Wildman–Crippen MR) is 161 cm³/mol. The molecule has 0 fully saturated rings. The van der Waals surface area contributed by atoms with Crippen LogP contribution >= 0.6 is 0 Å². The Kier molecular flexibility index (Phi) is 10.1. The van der Waals surface area contributed by atoms with Crippen LogP contribution in [-0.2, 0) is 11.3 Å². The summed E-state index contributed by atoms with van der Waals surface area (Å²) in [5, 5.41) is 9.01. The van der Waals surface area contributed by atoms with E-state index in [1.807, 2.05) is 22.9 Å². The molecule has 218 valence electrons. The molecule has 0 aliphatic carbocycles. The third-order valence-electron chi connectivity index (χ3n) is 6.37. The summed E-state index contributed by atoms with van der Waals surface area (Å²) in [6.07, 6.45) is 5.92. The van der Waals surface area contributed by atoms with Gasteiger partial charge in [0.2, 0.25) is 5.91 Å². The molecule has 0 spiro atoms. The summed E-state index contributed by atoms with van der Waals surface area (Å²) in [5.41, 5.74) is 8.00. The predicted octanol–water partition coefficient (Wildman–Crippen LogP) is 4.37. The molecule has 11 nitrogen and oxygen atoms in total. The van der Waals surface area contributed by atoms with E-state index in [1.54, 1.807) is 77.0 Å². The fourth-order valence-electron chi connectivity index (χ4n) is 4.22. The summed E-state index contributed by atoms with van der Waals surface area (Å²) in [5.74, 6) is 1.99. The van der Waals surface area contributed by atoms with Crippen LogP contribution in [0.15, 0.2) is 77.1 Å². The number of aryl methyl sites for hydroxylation is 1. The molecule has 3 aromatic carbocycles. The van der Waals surface area contributed by atoms with Crippen LogP contribution in [0.5, 0.6) is 23.0 Å². The minimum atomic E-state index is -0.333. The quantitative estimate of drug-likeness (QED) is 0.181. The number of carbonyl (C=O) groups is 2. The molecule has 1 heterocycles. The zero-order chi connectivity index (χ0) is 29.9. The number of nitrogens with zero attached hydrogens (tertiary/aromatic N) is 3. The smallest absolute Gasteiger partial charge is 0.271 e. The second kappa shape index (κ2) is 14.4. The first-order valence-electron chi connectivity index (χ1n) is 13.1. The van der Waals surface area contributed by atoms with Crippen molar-refractivity contribution in [3.05, 3.63) is 83.6 Å². The Morgan fingerprint density at radius 1 is 0.738 bits per heavy atom. The van der Waals surface area contributed by atoms with Crippen molar-refractivity contribution < 1.29 is 28.5 Å². The number of hydrogen-bond donors (Lipinski definition) is 2. The topological polar surface area (TPSA) is 125 Å². The van der Waals surface area contributed by atoms with Crippen molar-refractivity contribution in [2.75, 3.05) is 28.4 Å². The fourth-order valence-corrected chi connectivity index (χ4v) is 4.22. The van der Waals surface area contributed by atoms with Crippen LogP contribution in [0.1, 0.15) is 34.3 Å². The molecule has 1 aromatic heterocycles. The Morgan fingerprint density at radius 2 is 1.29 bits per heavy atom. The largest absolute Gasteiger partial charge is 0.497 e. The van der Waals surface area contributed by atoms with Gasteiger partial charge >= 0.3 is 0 Å². The number of carbonyl (C=O) groups excluding carboxylic acids is 2. The number of amides is 2. The van der Waals surface area contributed by atoms with Gasteiger partial charge in [-0.2, -0.15) is 10.2 Å². The molecule has 0 unspecified atom stereocenters. The van der Waals surface area contributed by atoms with E-state index >= 15 is 0 Å². The highest BCUT2D eigenvalue weighted by molar-refractivity contribution is 5.98. The van der Waals surface area contributed by atoms with Gasteiger partial charge in [0, 0.05) is 58.9 Å². The molecule has 0 bridgehead atoms. The normalized spacial score (nSPS) is 11.1. The number of hydrazone groups is 2. The van der Waals surface area contributed by atoms with E-state index < -0.39 is 0 Å². The Morgan fingerprint density at radius 3 is 1.83 bits per heavy atom. The van der Waals surface area contributed by atoms with Gasteiger partial charge in [0.15, 0.2) is 0 Å². The highest BCUT2D eigenvalue weighted by Gasteiger charge is 2.09. The number of ether oxygens (including phenoxy) is 4. The van der Waals surface area contributed by atoms with Crippen LogP contribution in [0, 0.1) is 0 Å². The van der Waals surface area contributed by atoms with Gasteiger partial charge in [0.05, 0.1) is 40.9 Å². The summed E-state index contributed by atoms with van der Waals surface area (Å²) in [6, 6.07) is 18.0. The van der Waals surface area contributed by atoms with Crippen molar-refractivity contribution in [2.24, 2.45) is 10.2 Å². The van der Waals surface area contributed by atoms with Gasteiger partial charge in [-0.15, -0.1) is 0 Å². The van der Waals surface area contributed by atoms with E-state index in [0.717, 1.165) is 22.0 Å². The average molecular weight is 572 g/mol. The Bertz CT molecular complexity index is 1570. The molecule has 2 N–H and O–H groups in total. The van der Waals surface area contributed by atoms with Crippen molar-refractivity contribution in [1.29, 1.82) is 0 Å². The zero-order valence-electron chi connectivity index (χ0n) is 23.9. The lowest BCUT2D eigenvalue weighted by Gasteiger charge is -2.07. The molecule has 0 saturated heterocycles. The molecule has 0 saturated carbocycles. The van der Waals surface area contributed by atoms with Crippen LogP contribution in [0.4, 0.5) is 0 Å². The van der Waals surface area contributed by atoms with Crippen molar-refractivity contribution in [2.45, 2.75) is 19.4 Å². The van der Waals surface area contributed by atoms with Gasteiger partial charge in [-0.3, -0.25) is 9.59 Å². The molecule has 0 aliphatic heterocycles. The number of hydrogen-bond acceptors (Lipinski definition) is 8. The number of methoxy groups -OCH3 is 4. The minimum Gasteiger partial charge on any atom is -0.497 e. The molecular weight excluding hydrogens is 538 g/mol. The molecule has 11 heteroatoms. The lowest BCUT2D eigenvalue weighted by atomic mass is 10.1. The Labute approximate surface area is 243 Å². The van der Waals surface area contributed by atoms with Crippen molar-refractivity contribution in [3.8, 4) is 23.0 Å². The van der Waals surface area contributed by atoms with Gasteiger partial charge in [-0.05, 0) is 55.0 Å². The number of rotatable bonds is 13. The number of nitrogens with one attached hydrogen (secondary N) is 2. The number of fused-ring (bicyclic) bond motifs is 1. The fraction of sp³-hybridized carbons (Fsp3) is 0.226. The van der Waals surface area contributed by atoms with Crippen LogP contribution < -0.4 is 29.8 Å². The van der Waals surface area contributed by atoms with E-state index in [4.69, 9.17) is 18.9 Å². The van der Waals surface area contributed by atoms with Crippen molar-refractivity contribution in [1.82, 2.24) is 15.4 Å². The standard InChI is InChI=1S/C31H33N5O6/c1-39-25-12-21(13-26(17-25)40-2)19-32-34-30(37)6-5-10-36-11-9-23-16-24(7-8-29(23)36)31(38)35-33-20-22-14-27(41-3)18-28(15-22)42-4/h7-9,11-20H,5-6,10H2,1-4H3,(H,34,37)(H,35,38)/b32-19+,33-20+. The van der Waals surface area contributed by atoms with E-state index in [-0.39, 0.29) is 11.8 Å². The van der Waals surface area contributed by atoms with Gasteiger partial charge < -0.3 is 23.5 Å². The van der Waals surface area contributed by atoms with Crippen LogP contribution in [0.2, 0.25) is 0 Å². The molecule has 4 rings (SSSR count). The van der Waals surface area contributed by atoms with Gasteiger partial charge in [-0.1, -0.05) is 0 Å². The highest BCUT2D eigenvalue weighted by Crippen LogP contribution is 2.23. The van der Waals surface area contributed by atoms with Gasteiger partial charge in [0.25, 0.3) is 5.91 Å². The lowest BCUT2D eigenvalue weighted by molar-refractivity contribution is -0.121. The Balaban J connectivity index is 1.28. The second-order valence-electron chi connectivity index (χ2n) is 9.17. The van der Waals surface area contributed by atoms with Crippen LogP contribution in [0.25, 0.3) is 10.9 Å². The SMILES string of the molecule is COc1cc(/C=N/NC(=O)CCCn2ccc3cc(C(=O)N/N=C/c4cc(OC)cc(OC)c4)ccc32)cc(OC)c1. The highest BCUT2D eigenvalue weighted by atomic mass is 16.5. The minimum absolute atomic E-state index is 0.190. The summed E-state index contributed by atoms with van der Waals surface area (Å²) >= 11 is 0. The first-order chi connectivity index (χ1) is 20.4. The molecule has 4 aromatic rings. The third kappa shape index (κ3) is 7.87. The van der Waals surface area contributed by atoms with E-state index in [2.05, 4.69) is 21.1 Å². The number of aromatic nitrogens is 1. The zero-order valence-corrected chi connectivity index (χ0v) is 23.9. The molecule has 2 amide bonds. The average Bonchev–Trinajstić information content (AvgIpc) is 3.42. The monoisotopic (exact) mass is 571 g/mol. The third-order valence-corrected chi connectivity index (χ3v) is 6.37. The first-order valence-corrected chi connectivity index (χ1v) is 13.1. The van der Waals surface area contributed by atoms with E-state index in [0.29, 0.717) is 47.9 Å². The molecular formula is C31H33N5O6. The molecule has 0 atom stereocenters.